The Morgan fingerprint density at radius 3 is 1.35 bits per heavy atom. The number of carbonyl (C=O) groups is 2. The third kappa shape index (κ3) is 12.3. The van der Waals surface area contributed by atoms with Gasteiger partial charge < -0.3 is 9.47 Å². The predicted molar refractivity (Wildman–Crippen MR) is 75.7 cm³/mol. The maximum Gasteiger partial charge on any atom is 0.428 e. The minimum atomic E-state index is -0.678. The van der Waals surface area contributed by atoms with Crippen molar-refractivity contribution in [3.63, 3.8) is 0 Å². The van der Waals surface area contributed by atoms with Crippen LogP contribution in [-0.4, -0.2) is 35.8 Å². The molecular formula is C12H22N4O4. The number of rotatable bonds is 3. The van der Waals surface area contributed by atoms with Crippen molar-refractivity contribution in [1.29, 1.82) is 0 Å². The molecule has 20 heavy (non-hydrogen) atoms. The Morgan fingerprint density at radius 1 is 0.800 bits per heavy atom. The maximum absolute atomic E-state index is 11.2. The van der Waals surface area contributed by atoms with Gasteiger partial charge in [-0.3, -0.25) is 0 Å². The Labute approximate surface area is 118 Å². The first-order valence-corrected chi connectivity index (χ1v) is 6.02. The van der Waals surface area contributed by atoms with Gasteiger partial charge in [0.15, 0.2) is 0 Å². The molecule has 0 spiro atoms. The topological polar surface area (TPSA) is 101 Å². The molecule has 0 saturated heterocycles. The van der Waals surface area contributed by atoms with Crippen LogP contribution in [0.3, 0.4) is 0 Å². The molecule has 114 valence electrons. The first-order chi connectivity index (χ1) is 8.99. The second kappa shape index (κ2) is 7.46. The van der Waals surface area contributed by atoms with Crippen LogP contribution in [0, 0.1) is 0 Å². The summed E-state index contributed by atoms with van der Waals surface area (Å²) in [6, 6.07) is 0. The normalized spacial score (nSPS) is 12.5. The van der Waals surface area contributed by atoms with Crippen molar-refractivity contribution in [2.45, 2.75) is 52.7 Å². The Bertz CT molecular complexity index is 353. The zero-order valence-corrected chi connectivity index (χ0v) is 12.7. The highest BCUT2D eigenvalue weighted by molar-refractivity contribution is 6.16. The molecule has 0 aliphatic rings. The minimum Gasteiger partial charge on any atom is -0.443 e. The molecule has 0 bridgehead atoms. The van der Waals surface area contributed by atoms with E-state index in [1.54, 1.807) is 41.5 Å². The largest absolute Gasteiger partial charge is 0.443 e. The molecule has 0 radical (unpaired) electrons. The van der Waals surface area contributed by atoms with E-state index in [4.69, 9.17) is 9.47 Å². The van der Waals surface area contributed by atoms with Gasteiger partial charge in [0.2, 0.25) is 0 Å². The second-order valence-corrected chi connectivity index (χ2v) is 5.78. The molecule has 0 aromatic heterocycles. The summed E-state index contributed by atoms with van der Waals surface area (Å²) < 4.78 is 9.88. The van der Waals surface area contributed by atoms with Gasteiger partial charge in [0, 0.05) is 0 Å². The van der Waals surface area contributed by atoms with Crippen LogP contribution < -0.4 is 10.9 Å². The summed E-state index contributed by atoms with van der Waals surface area (Å²) in [4.78, 5) is 22.3. The number of ether oxygens (including phenoxy) is 2. The fourth-order valence-corrected chi connectivity index (χ4v) is 0.848. The Balaban J connectivity index is 3.93. The number of hydrazone groups is 2. The molecule has 0 heterocycles. The summed E-state index contributed by atoms with van der Waals surface area (Å²) in [6.45, 7) is 10.4. The lowest BCUT2D eigenvalue weighted by molar-refractivity contribution is 0.0517. The predicted octanol–water partition coefficient (Wildman–Crippen LogP) is 2.01. The molecular weight excluding hydrogens is 264 g/mol. The van der Waals surface area contributed by atoms with Crippen LogP contribution in [0.2, 0.25) is 0 Å². The highest BCUT2D eigenvalue weighted by Crippen LogP contribution is 2.06. The lowest BCUT2D eigenvalue weighted by atomic mass is 10.2. The van der Waals surface area contributed by atoms with Gasteiger partial charge in [0.05, 0.1) is 12.4 Å². The van der Waals surface area contributed by atoms with Crippen molar-refractivity contribution in [2.24, 2.45) is 10.2 Å². The van der Waals surface area contributed by atoms with E-state index in [-0.39, 0.29) is 0 Å². The van der Waals surface area contributed by atoms with E-state index in [1.165, 1.54) is 12.4 Å². The fraction of sp³-hybridized carbons (Fsp3) is 0.667. The molecule has 0 fully saturated rings. The standard InChI is InChI=1S/C12H22N4O4/c1-11(2,3)19-9(17)15-13-7-8-14-16-10(18)20-12(4,5)6/h7-8H,1-6H3,(H,15,17)(H,16,18)/b13-7+,14-8+. The zero-order chi connectivity index (χ0) is 15.8. The van der Waals surface area contributed by atoms with Gasteiger partial charge in [-0.25, -0.2) is 20.4 Å². The van der Waals surface area contributed by atoms with Crippen LogP contribution in [0.5, 0.6) is 0 Å². The van der Waals surface area contributed by atoms with Crippen molar-refractivity contribution < 1.29 is 19.1 Å². The van der Waals surface area contributed by atoms with E-state index >= 15 is 0 Å². The van der Waals surface area contributed by atoms with E-state index in [0.717, 1.165) is 0 Å². The molecule has 2 amide bonds. The number of nitrogens with one attached hydrogen (secondary N) is 2. The molecule has 0 aromatic carbocycles. The number of amides is 2. The molecule has 8 heteroatoms. The molecule has 0 aliphatic heterocycles. The van der Waals surface area contributed by atoms with Gasteiger partial charge in [-0.1, -0.05) is 0 Å². The van der Waals surface area contributed by atoms with Crippen molar-refractivity contribution in [2.75, 3.05) is 0 Å². The first-order valence-electron chi connectivity index (χ1n) is 6.02. The summed E-state index contributed by atoms with van der Waals surface area (Å²) >= 11 is 0. The van der Waals surface area contributed by atoms with Crippen LogP contribution in [0.25, 0.3) is 0 Å². The molecule has 0 rings (SSSR count). The average molecular weight is 286 g/mol. The Morgan fingerprint density at radius 2 is 1.10 bits per heavy atom. The van der Waals surface area contributed by atoms with E-state index < -0.39 is 23.4 Å². The zero-order valence-electron chi connectivity index (χ0n) is 12.7. The van der Waals surface area contributed by atoms with Gasteiger partial charge in [0.1, 0.15) is 11.2 Å². The number of carbonyl (C=O) groups excluding carboxylic acids is 2. The molecule has 0 atom stereocenters. The summed E-state index contributed by atoms with van der Waals surface area (Å²) in [6.07, 6.45) is 1.01. The van der Waals surface area contributed by atoms with Crippen LogP contribution >= 0.6 is 0 Å². The van der Waals surface area contributed by atoms with Crippen LogP contribution in [0.4, 0.5) is 9.59 Å². The lowest BCUT2D eigenvalue weighted by Crippen LogP contribution is -2.30. The molecule has 8 nitrogen and oxygen atoms in total. The molecule has 2 N–H and O–H groups in total. The number of nitrogens with zero attached hydrogens (tertiary/aromatic N) is 2. The smallest absolute Gasteiger partial charge is 0.428 e. The molecule has 0 aliphatic carbocycles. The van der Waals surface area contributed by atoms with Crippen molar-refractivity contribution >= 4 is 24.6 Å². The monoisotopic (exact) mass is 286 g/mol. The Hall–Kier alpha value is -2.12. The van der Waals surface area contributed by atoms with Gasteiger partial charge >= 0.3 is 12.2 Å². The van der Waals surface area contributed by atoms with Crippen molar-refractivity contribution in [3.8, 4) is 0 Å². The van der Waals surface area contributed by atoms with E-state index in [1.807, 2.05) is 0 Å². The average Bonchev–Trinajstić information content (AvgIpc) is 2.17. The molecule has 0 aromatic rings. The summed E-state index contributed by atoms with van der Waals surface area (Å²) in [5.41, 5.74) is 3.09. The van der Waals surface area contributed by atoms with Gasteiger partial charge in [-0.2, -0.15) is 10.2 Å². The quantitative estimate of drug-likeness (QED) is 0.612. The van der Waals surface area contributed by atoms with Crippen LogP contribution in [0.1, 0.15) is 41.5 Å². The summed E-state index contributed by atoms with van der Waals surface area (Å²) in [5, 5.41) is 7.07. The third-order valence-electron chi connectivity index (χ3n) is 1.33. The number of hydrogen-bond acceptors (Lipinski definition) is 6. The van der Waals surface area contributed by atoms with E-state index in [2.05, 4.69) is 21.1 Å². The number of hydrogen-bond donors (Lipinski definition) is 2. The highest BCUT2D eigenvalue weighted by Gasteiger charge is 2.15. The maximum atomic E-state index is 11.2. The minimum absolute atomic E-state index is 0.591. The van der Waals surface area contributed by atoms with Crippen molar-refractivity contribution in [3.05, 3.63) is 0 Å². The highest BCUT2D eigenvalue weighted by atomic mass is 16.6. The molecule has 0 saturated carbocycles. The van der Waals surface area contributed by atoms with Gasteiger partial charge in [0.25, 0.3) is 0 Å². The third-order valence-corrected chi connectivity index (χ3v) is 1.33. The summed E-state index contributed by atoms with van der Waals surface area (Å²) in [7, 11) is 0. The Kier molecular flexibility index (Phi) is 6.67. The van der Waals surface area contributed by atoms with Crippen LogP contribution in [0.15, 0.2) is 10.2 Å². The van der Waals surface area contributed by atoms with E-state index in [0.29, 0.717) is 0 Å². The van der Waals surface area contributed by atoms with Gasteiger partial charge in [-0.05, 0) is 41.5 Å². The van der Waals surface area contributed by atoms with Crippen molar-refractivity contribution in [1.82, 2.24) is 10.9 Å². The fourth-order valence-electron chi connectivity index (χ4n) is 0.848. The van der Waals surface area contributed by atoms with Gasteiger partial charge in [-0.15, -0.1) is 0 Å². The summed E-state index contributed by atoms with van der Waals surface area (Å²) in [5.74, 6) is 0. The second-order valence-electron chi connectivity index (χ2n) is 5.78. The first kappa shape index (κ1) is 17.9. The van der Waals surface area contributed by atoms with E-state index in [9.17, 15) is 9.59 Å². The SMILES string of the molecule is CC(C)(C)OC(=O)N/N=C/C=N/NC(=O)OC(C)(C)C. The molecule has 0 unspecified atom stereocenters. The lowest BCUT2D eigenvalue weighted by Gasteiger charge is -2.18. The van der Waals surface area contributed by atoms with Crippen LogP contribution in [-0.2, 0) is 9.47 Å².